The summed E-state index contributed by atoms with van der Waals surface area (Å²) in [6.07, 6.45) is 69.3. The molecule has 0 heterocycles. The van der Waals surface area contributed by atoms with Crippen LogP contribution in [0.1, 0.15) is 168 Å². The van der Waals surface area contributed by atoms with E-state index in [0.29, 0.717) is 12.8 Å². The van der Waals surface area contributed by atoms with Crippen molar-refractivity contribution >= 4 is 17.9 Å². The van der Waals surface area contributed by atoms with Crippen LogP contribution in [0.3, 0.4) is 0 Å². The van der Waals surface area contributed by atoms with Crippen LogP contribution in [0.4, 0.5) is 0 Å². The van der Waals surface area contributed by atoms with Gasteiger partial charge >= 0.3 is 17.9 Å². The highest BCUT2D eigenvalue weighted by Crippen LogP contribution is 2.12. The van der Waals surface area contributed by atoms with E-state index in [1.165, 1.54) is 0 Å². The molecule has 0 aliphatic heterocycles. The molecule has 0 aromatic heterocycles. The molecule has 1 N–H and O–H groups in total. The third-order valence-electron chi connectivity index (χ3n) is 10.5. The summed E-state index contributed by atoms with van der Waals surface area (Å²) >= 11 is 0. The van der Waals surface area contributed by atoms with E-state index < -0.39 is 18.1 Å². The minimum atomic E-state index is -0.889. The first-order valence-corrected chi connectivity index (χ1v) is 25.7. The van der Waals surface area contributed by atoms with Gasteiger partial charge in [-0.25, -0.2) is 4.79 Å². The third kappa shape index (κ3) is 46.4. The molecule has 2 atom stereocenters. The molecule has 0 saturated carbocycles. The number of carbonyl (C=O) groups excluding carboxylic acids is 2. The predicted molar refractivity (Wildman–Crippen MR) is 284 cm³/mol. The van der Waals surface area contributed by atoms with Crippen molar-refractivity contribution in [1.82, 2.24) is 0 Å². The highest BCUT2D eigenvalue weighted by molar-refractivity contribution is 5.72. The number of aliphatic carboxylic acids is 1. The lowest BCUT2D eigenvalue weighted by molar-refractivity contribution is -0.887. The molecule has 0 rings (SSSR count). The smallest absolute Gasteiger partial charge is 0.362 e. The summed E-state index contributed by atoms with van der Waals surface area (Å²) in [4.78, 5) is 37.2. The molecule has 67 heavy (non-hydrogen) atoms. The number of likely N-dealkylation sites (N-methyl/N-ethyl adjacent to an activating group) is 1. The Morgan fingerprint density at radius 1 is 0.448 bits per heavy atom. The van der Waals surface area contributed by atoms with Crippen molar-refractivity contribution in [1.29, 1.82) is 0 Å². The predicted octanol–water partition coefficient (Wildman–Crippen LogP) is 15.1. The van der Waals surface area contributed by atoms with Crippen LogP contribution >= 0.6 is 0 Å². The van der Waals surface area contributed by atoms with Gasteiger partial charge in [-0.15, -0.1) is 0 Å². The normalized spacial score (nSPS) is 14.0. The van der Waals surface area contributed by atoms with Gasteiger partial charge in [-0.1, -0.05) is 173 Å². The van der Waals surface area contributed by atoms with Crippen molar-refractivity contribution in [3.63, 3.8) is 0 Å². The Balaban J connectivity index is 4.40. The molecule has 376 valence electrons. The van der Waals surface area contributed by atoms with E-state index in [2.05, 4.69) is 148 Å². The second-order valence-corrected chi connectivity index (χ2v) is 17.7. The molecule has 0 aromatic rings. The molecule has 8 nitrogen and oxygen atoms in total. The van der Waals surface area contributed by atoms with Crippen LogP contribution in [0.5, 0.6) is 0 Å². The number of hydrogen-bond donors (Lipinski definition) is 1. The standard InChI is InChI=1S/C59H93NO7/c1-6-8-10-12-14-16-18-20-22-24-26-28-29-30-32-34-36-38-40-42-44-46-48-50-58(62)67-55(53-65-52-51-56(59(63)64)60(3,4)5)54-66-57(61)49-47-45-43-41-39-37-35-33-31-27-25-23-21-19-17-15-13-11-9-7-2/h8-11,14-17,20-23,26-28,30-32,35-38,55-56H,6-7,12-13,18-19,24-25,29,33-34,39-54H2,1-5H3/p+1/b10-8+,11-9+,16-14+,17-15+,22-20+,23-21+,28-26+,31-27+,32-30+,37-35+,38-36+. The molecular weight excluding hydrogens is 835 g/mol. The lowest BCUT2D eigenvalue weighted by Crippen LogP contribution is -2.50. The minimum Gasteiger partial charge on any atom is -0.477 e. The lowest BCUT2D eigenvalue weighted by atomic mass is 10.1. The van der Waals surface area contributed by atoms with Crippen molar-refractivity contribution in [2.75, 3.05) is 41.0 Å². The number of esters is 2. The second kappa shape index (κ2) is 47.9. The van der Waals surface area contributed by atoms with Gasteiger partial charge in [0.25, 0.3) is 0 Å². The minimum absolute atomic E-state index is 0.0320. The van der Waals surface area contributed by atoms with E-state index >= 15 is 0 Å². The van der Waals surface area contributed by atoms with E-state index in [0.717, 1.165) is 135 Å². The zero-order valence-electron chi connectivity index (χ0n) is 42.8. The Morgan fingerprint density at radius 2 is 0.791 bits per heavy atom. The Labute approximate surface area is 409 Å². The van der Waals surface area contributed by atoms with Crippen LogP contribution in [0.15, 0.2) is 134 Å². The van der Waals surface area contributed by atoms with Crippen molar-refractivity contribution in [3.05, 3.63) is 134 Å². The number of rotatable bonds is 44. The molecule has 0 aliphatic rings. The first-order chi connectivity index (χ1) is 32.6. The molecule has 0 aromatic carbocycles. The molecule has 0 radical (unpaired) electrons. The number of carboxylic acid groups (broad SMARTS) is 1. The van der Waals surface area contributed by atoms with Crippen LogP contribution < -0.4 is 0 Å². The molecule has 0 saturated heterocycles. The quantitative estimate of drug-likeness (QED) is 0.0281. The summed E-state index contributed by atoms with van der Waals surface area (Å²) < 4.78 is 17.3. The summed E-state index contributed by atoms with van der Waals surface area (Å²) in [5, 5.41) is 9.66. The molecule has 8 heteroatoms. The topological polar surface area (TPSA) is 99.1 Å². The zero-order valence-corrected chi connectivity index (χ0v) is 42.8. The van der Waals surface area contributed by atoms with E-state index in [9.17, 15) is 19.5 Å². The number of nitrogens with zero attached hydrogens (tertiary/aromatic N) is 1. The highest BCUT2D eigenvalue weighted by atomic mass is 16.6. The van der Waals surface area contributed by atoms with Gasteiger partial charge in [-0.2, -0.15) is 0 Å². The number of quaternary nitrogens is 1. The number of ether oxygens (including phenoxy) is 3. The van der Waals surface area contributed by atoms with E-state index in [1.54, 1.807) is 0 Å². The number of carboxylic acids is 1. The number of hydrogen-bond acceptors (Lipinski definition) is 6. The van der Waals surface area contributed by atoms with Gasteiger partial charge in [-0.05, 0) is 109 Å². The summed E-state index contributed by atoms with van der Waals surface area (Å²) in [6, 6.07) is -0.634. The van der Waals surface area contributed by atoms with E-state index in [1.807, 2.05) is 21.1 Å². The highest BCUT2D eigenvalue weighted by Gasteiger charge is 2.31. The van der Waals surface area contributed by atoms with Crippen LogP contribution in [-0.2, 0) is 28.6 Å². The maximum Gasteiger partial charge on any atom is 0.362 e. The second-order valence-electron chi connectivity index (χ2n) is 17.7. The maximum absolute atomic E-state index is 12.8. The maximum atomic E-state index is 12.8. The van der Waals surface area contributed by atoms with E-state index in [4.69, 9.17) is 14.2 Å². The molecule has 0 amide bonds. The summed E-state index contributed by atoms with van der Waals surface area (Å²) in [5.74, 6) is -1.55. The largest absolute Gasteiger partial charge is 0.477 e. The van der Waals surface area contributed by atoms with Crippen molar-refractivity contribution < 1.29 is 38.2 Å². The van der Waals surface area contributed by atoms with Gasteiger partial charge in [0.05, 0.1) is 34.4 Å². The number of carbonyl (C=O) groups is 3. The summed E-state index contributed by atoms with van der Waals surface area (Å²) in [5.41, 5.74) is 0. The fraction of sp³-hybridized carbons (Fsp3) is 0.576. The van der Waals surface area contributed by atoms with Crippen LogP contribution in [0.2, 0.25) is 0 Å². The third-order valence-corrected chi connectivity index (χ3v) is 10.5. The molecular formula is C59H94NO7+. The summed E-state index contributed by atoms with van der Waals surface area (Å²) in [7, 11) is 5.50. The van der Waals surface area contributed by atoms with Crippen LogP contribution in [0, 0.1) is 0 Å². The van der Waals surface area contributed by atoms with Crippen molar-refractivity contribution in [2.24, 2.45) is 0 Å². The molecule has 0 aliphatic carbocycles. The Kier molecular flexibility index (Phi) is 44.7. The Hall–Kier alpha value is -4.53. The SMILES string of the molecule is CC/C=C/C/C=C/C/C=C/C/C=C/C/C=C/C/C=C/CCCCCCC(=O)OC(COCCC(C(=O)O)[N+](C)(C)C)COC(=O)CCCCCC/C=C/C/C=C/C/C=C/C/C=C/C/C=C/CC. The van der Waals surface area contributed by atoms with Crippen molar-refractivity contribution in [2.45, 2.75) is 180 Å². The average Bonchev–Trinajstić information content (AvgIpc) is 3.29. The van der Waals surface area contributed by atoms with Gasteiger partial charge in [-0.3, -0.25) is 9.59 Å². The zero-order chi connectivity index (χ0) is 49.2. The summed E-state index contributed by atoms with van der Waals surface area (Å²) in [6.45, 7) is 4.43. The molecule has 2 unspecified atom stereocenters. The molecule has 0 bridgehead atoms. The van der Waals surface area contributed by atoms with Gasteiger partial charge in [0.1, 0.15) is 6.61 Å². The lowest BCUT2D eigenvalue weighted by Gasteiger charge is -2.31. The van der Waals surface area contributed by atoms with Gasteiger partial charge in [0, 0.05) is 19.3 Å². The number of allylic oxidation sites excluding steroid dienone is 22. The average molecular weight is 929 g/mol. The number of unbranched alkanes of at least 4 members (excludes halogenated alkanes) is 8. The van der Waals surface area contributed by atoms with Crippen molar-refractivity contribution in [3.8, 4) is 0 Å². The van der Waals surface area contributed by atoms with Gasteiger partial charge in [0.15, 0.2) is 12.1 Å². The fourth-order valence-electron chi connectivity index (χ4n) is 6.65. The monoisotopic (exact) mass is 929 g/mol. The van der Waals surface area contributed by atoms with E-state index in [-0.39, 0.29) is 42.7 Å². The van der Waals surface area contributed by atoms with Crippen LogP contribution in [-0.4, -0.2) is 80.6 Å². The molecule has 0 fully saturated rings. The fourth-order valence-corrected chi connectivity index (χ4v) is 6.65. The Bertz CT molecular complexity index is 1550. The first kappa shape index (κ1) is 62.5. The Morgan fingerprint density at radius 3 is 1.15 bits per heavy atom. The van der Waals surface area contributed by atoms with Crippen LogP contribution in [0.25, 0.3) is 0 Å². The van der Waals surface area contributed by atoms with Gasteiger partial charge < -0.3 is 23.8 Å². The first-order valence-electron chi connectivity index (χ1n) is 25.7. The molecule has 0 spiro atoms. The van der Waals surface area contributed by atoms with Gasteiger partial charge in [0.2, 0.25) is 0 Å².